The first-order valence-electron chi connectivity index (χ1n) is 17.3. The van der Waals surface area contributed by atoms with Gasteiger partial charge in [-0.15, -0.1) is 0 Å². The van der Waals surface area contributed by atoms with Crippen molar-refractivity contribution in [2.45, 2.75) is 78.5 Å². The molecule has 6 aromatic carbocycles. The van der Waals surface area contributed by atoms with Crippen LogP contribution in [0.2, 0.25) is 13.3 Å². The van der Waals surface area contributed by atoms with Crippen molar-refractivity contribution >= 4 is 54.3 Å². The summed E-state index contributed by atoms with van der Waals surface area (Å²) in [5, 5.41) is 8.96. The molecule has 222 valence electrons. The van der Waals surface area contributed by atoms with Crippen molar-refractivity contribution in [1.82, 2.24) is 0 Å². The average molecular weight is 682 g/mol. The van der Waals surface area contributed by atoms with Gasteiger partial charge in [0.1, 0.15) is 0 Å². The average Bonchev–Trinajstić information content (AvgIpc) is 3.43. The molecule has 0 amide bonds. The van der Waals surface area contributed by atoms with Gasteiger partial charge in [0, 0.05) is 0 Å². The van der Waals surface area contributed by atoms with E-state index in [1.807, 2.05) is 3.58 Å². The quantitative estimate of drug-likeness (QED) is 0.0942. The van der Waals surface area contributed by atoms with Crippen molar-refractivity contribution in [1.29, 1.82) is 0 Å². The first-order chi connectivity index (χ1) is 21.7. The maximum absolute atomic E-state index is 2.87. The van der Waals surface area contributed by atoms with Gasteiger partial charge in [-0.3, -0.25) is 0 Å². The van der Waals surface area contributed by atoms with Crippen LogP contribution in [-0.4, -0.2) is 18.4 Å². The maximum atomic E-state index is 2.73. The Morgan fingerprint density at radius 1 is 0.545 bits per heavy atom. The molecule has 7 rings (SSSR count). The van der Waals surface area contributed by atoms with Crippen molar-refractivity contribution in [3.63, 3.8) is 0 Å². The van der Waals surface area contributed by atoms with Gasteiger partial charge in [-0.25, -0.2) is 0 Å². The van der Waals surface area contributed by atoms with Crippen molar-refractivity contribution in [2.24, 2.45) is 0 Å². The van der Waals surface area contributed by atoms with Crippen molar-refractivity contribution in [3.05, 3.63) is 126 Å². The zero-order chi connectivity index (χ0) is 30.1. The minimum atomic E-state index is -2.87. The molecule has 1 unspecified atom stereocenters. The monoisotopic (exact) mass is 682 g/mol. The number of hydrogen-bond donors (Lipinski definition) is 0. The Hall–Kier alpha value is -3.10. The first kappa shape index (κ1) is 29.6. The summed E-state index contributed by atoms with van der Waals surface area (Å²) in [5.41, 5.74) is 7.30. The van der Waals surface area contributed by atoms with Gasteiger partial charge in [0.2, 0.25) is 0 Å². The predicted octanol–water partition coefficient (Wildman–Crippen LogP) is 12.4. The van der Waals surface area contributed by atoms with Crippen LogP contribution >= 0.6 is 0 Å². The van der Waals surface area contributed by atoms with Gasteiger partial charge in [0.25, 0.3) is 0 Å². The fourth-order valence-corrected chi connectivity index (χ4v) is 25.4. The van der Waals surface area contributed by atoms with E-state index in [0.717, 1.165) is 0 Å². The van der Waals surface area contributed by atoms with Crippen molar-refractivity contribution in [2.75, 3.05) is 0 Å². The van der Waals surface area contributed by atoms with Crippen LogP contribution in [0.15, 0.2) is 109 Å². The van der Waals surface area contributed by atoms with Gasteiger partial charge >= 0.3 is 270 Å². The molecule has 1 atom stereocenters. The first-order valence-corrected chi connectivity index (χ1v) is 24.7. The minimum absolute atomic E-state index is 0.243. The molecule has 1 heteroatoms. The molecule has 0 aliphatic heterocycles. The Kier molecular flexibility index (Phi) is 8.56. The van der Waals surface area contributed by atoms with E-state index >= 15 is 0 Å². The van der Waals surface area contributed by atoms with Crippen molar-refractivity contribution < 1.29 is 0 Å². The van der Waals surface area contributed by atoms with Crippen LogP contribution in [0.5, 0.6) is 0 Å². The van der Waals surface area contributed by atoms with Crippen LogP contribution in [-0.2, 0) is 0 Å². The Bertz CT molecular complexity index is 1910. The second-order valence-corrected chi connectivity index (χ2v) is 26.4. The molecule has 0 radical (unpaired) electrons. The fourth-order valence-electron chi connectivity index (χ4n) is 8.54. The molecule has 6 aromatic rings. The Balaban J connectivity index is 1.69. The fraction of sp³-hybridized carbons (Fsp3) is 0.302. The summed E-state index contributed by atoms with van der Waals surface area (Å²) in [6.07, 6.45) is 8.01. The molecule has 0 bridgehead atoms. The molecule has 0 saturated heterocycles. The Morgan fingerprint density at radius 3 is 1.80 bits per heavy atom. The number of fused-ring (bicyclic) bond motifs is 10. The van der Waals surface area contributed by atoms with Crippen LogP contribution in [0.4, 0.5) is 0 Å². The van der Waals surface area contributed by atoms with E-state index in [1.54, 1.807) is 5.39 Å². The molecule has 0 spiro atoms. The summed E-state index contributed by atoms with van der Waals surface area (Å²) in [6, 6.07) is 42.1. The Morgan fingerprint density at radius 2 is 1.11 bits per heavy atom. The van der Waals surface area contributed by atoms with E-state index in [1.165, 1.54) is 107 Å². The molecule has 44 heavy (non-hydrogen) atoms. The zero-order valence-electron chi connectivity index (χ0n) is 26.8. The van der Waals surface area contributed by atoms with E-state index in [-0.39, 0.29) is 5.92 Å². The van der Waals surface area contributed by atoms with E-state index in [0.29, 0.717) is 0 Å². The molecule has 0 aromatic heterocycles. The van der Waals surface area contributed by atoms with Crippen LogP contribution in [0.25, 0.3) is 43.4 Å². The van der Waals surface area contributed by atoms with Gasteiger partial charge in [0.05, 0.1) is 0 Å². The third-order valence-corrected chi connectivity index (χ3v) is 26.2. The number of hydrogen-bond acceptors (Lipinski definition) is 0. The van der Waals surface area contributed by atoms with E-state index in [2.05, 4.69) is 130 Å². The molecular formula is C43H46Sn. The molecule has 0 fully saturated rings. The third-order valence-electron chi connectivity index (χ3n) is 10.6. The summed E-state index contributed by atoms with van der Waals surface area (Å²) < 4.78 is 6.26. The number of unbranched alkanes of at least 4 members (excludes halogenated alkanes) is 3. The van der Waals surface area contributed by atoms with Crippen LogP contribution in [0.1, 0.15) is 81.9 Å². The predicted molar refractivity (Wildman–Crippen MR) is 196 cm³/mol. The van der Waals surface area contributed by atoms with Gasteiger partial charge in [0.15, 0.2) is 0 Å². The molecule has 0 saturated carbocycles. The molecule has 0 N–H and O–H groups in total. The zero-order valence-corrected chi connectivity index (χ0v) is 29.7. The van der Waals surface area contributed by atoms with E-state index in [9.17, 15) is 0 Å². The molecular weight excluding hydrogens is 635 g/mol. The molecule has 1 aliphatic rings. The van der Waals surface area contributed by atoms with E-state index < -0.39 is 18.4 Å². The summed E-state index contributed by atoms with van der Waals surface area (Å²) in [4.78, 5) is 0. The summed E-state index contributed by atoms with van der Waals surface area (Å²) in [7, 11) is 0. The number of benzene rings is 6. The van der Waals surface area contributed by atoms with Gasteiger partial charge in [-0.05, 0) is 0 Å². The number of rotatable bonds is 11. The normalized spacial score (nSPS) is 14.4. The van der Waals surface area contributed by atoms with Crippen LogP contribution in [0.3, 0.4) is 0 Å². The summed E-state index contributed by atoms with van der Waals surface area (Å²) >= 11 is -2.87. The Labute approximate surface area is 268 Å². The van der Waals surface area contributed by atoms with Gasteiger partial charge < -0.3 is 0 Å². The van der Waals surface area contributed by atoms with Gasteiger partial charge in [-0.1, -0.05) is 0 Å². The van der Waals surface area contributed by atoms with Crippen LogP contribution in [0, 0.1) is 0 Å². The molecule has 0 nitrogen and oxygen atoms in total. The van der Waals surface area contributed by atoms with Crippen LogP contribution < -0.4 is 3.58 Å². The second kappa shape index (κ2) is 12.7. The van der Waals surface area contributed by atoms with E-state index in [4.69, 9.17) is 0 Å². The van der Waals surface area contributed by atoms with Gasteiger partial charge in [-0.2, -0.15) is 0 Å². The third kappa shape index (κ3) is 4.89. The topological polar surface area (TPSA) is 0 Å². The SMILES string of the molecule is CCC[CH2][Sn]([CH2]CCC)([CH2]CCC)[c]1cc2ccccc2c2c3c(c4ccccc4c12)C(c1ccccc1)c1ccccc1-3. The summed E-state index contributed by atoms with van der Waals surface area (Å²) in [6.45, 7) is 7.20. The van der Waals surface area contributed by atoms with Crippen molar-refractivity contribution in [3.8, 4) is 11.1 Å². The molecule has 0 heterocycles. The standard InChI is InChI=1S/C31H19.3C4H9.Sn/c1-2-11-21(12-3-1)28-25-16-8-9-17-26(25)31-29-22-13-5-4-10-20(22)18-19-27(29)23-14-6-7-15-24(23)30(28)31;3*1-3-4-2;/h1-18,28H;3*1,3-4H2,2H3;. The summed E-state index contributed by atoms with van der Waals surface area (Å²) in [5.74, 6) is 0.243. The molecule has 1 aliphatic carbocycles. The second-order valence-electron chi connectivity index (χ2n) is 13.3.